The van der Waals surface area contributed by atoms with Crippen molar-refractivity contribution in [2.24, 2.45) is 7.05 Å². The van der Waals surface area contributed by atoms with Crippen molar-refractivity contribution in [1.82, 2.24) is 15.1 Å². The van der Waals surface area contributed by atoms with Crippen LogP contribution in [0.15, 0.2) is 12.3 Å². The number of rotatable bonds is 2. The predicted molar refractivity (Wildman–Crippen MR) is 61.0 cm³/mol. The Hall–Kier alpha value is -1.01. The number of anilines is 1. The molecule has 15 heavy (non-hydrogen) atoms. The van der Waals surface area contributed by atoms with Crippen molar-refractivity contribution < 1.29 is 4.79 Å². The SMILES string of the molecule is Cn1ccc(NC(=O)C2CSCCN2)n1. The molecule has 1 aliphatic heterocycles. The molecule has 1 saturated heterocycles. The summed E-state index contributed by atoms with van der Waals surface area (Å²) >= 11 is 1.80. The molecule has 1 aromatic rings. The van der Waals surface area contributed by atoms with E-state index in [2.05, 4.69) is 15.7 Å². The number of nitrogens with one attached hydrogen (secondary N) is 2. The summed E-state index contributed by atoms with van der Waals surface area (Å²) in [5.41, 5.74) is 0. The monoisotopic (exact) mass is 226 g/mol. The third kappa shape index (κ3) is 2.73. The van der Waals surface area contributed by atoms with Gasteiger partial charge >= 0.3 is 0 Å². The zero-order valence-corrected chi connectivity index (χ0v) is 9.38. The fourth-order valence-corrected chi connectivity index (χ4v) is 2.36. The van der Waals surface area contributed by atoms with Crippen molar-refractivity contribution in [3.05, 3.63) is 12.3 Å². The number of hydrogen-bond acceptors (Lipinski definition) is 4. The Morgan fingerprint density at radius 2 is 2.67 bits per heavy atom. The fraction of sp³-hybridized carbons (Fsp3) is 0.556. The summed E-state index contributed by atoms with van der Waals surface area (Å²) in [6.45, 7) is 0.894. The fourth-order valence-electron chi connectivity index (χ4n) is 1.43. The molecular weight excluding hydrogens is 212 g/mol. The molecule has 2 rings (SSSR count). The number of nitrogens with zero attached hydrogens (tertiary/aromatic N) is 2. The smallest absolute Gasteiger partial charge is 0.243 e. The van der Waals surface area contributed by atoms with Crippen LogP contribution in [0.25, 0.3) is 0 Å². The largest absolute Gasteiger partial charge is 0.308 e. The minimum Gasteiger partial charge on any atom is -0.308 e. The highest BCUT2D eigenvalue weighted by molar-refractivity contribution is 7.99. The van der Waals surface area contributed by atoms with Crippen molar-refractivity contribution in [2.45, 2.75) is 6.04 Å². The van der Waals surface area contributed by atoms with E-state index < -0.39 is 0 Å². The van der Waals surface area contributed by atoms with Gasteiger partial charge in [-0.3, -0.25) is 9.48 Å². The second kappa shape index (κ2) is 4.67. The van der Waals surface area contributed by atoms with Gasteiger partial charge in [-0.05, 0) is 0 Å². The normalized spacial score (nSPS) is 21.3. The van der Waals surface area contributed by atoms with Crippen LogP contribution in [0.2, 0.25) is 0 Å². The number of carbonyl (C=O) groups excluding carboxylic acids is 1. The lowest BCUT2D eigenvalue weighted by Crippen LogP contribution is -2.46. The molecule has 1 unspecified atom stereocenters. The first-order valence-corrected chi connectivity index (χ1v) is 6.03. The molecule has 1 atom stereocenters. The number of amides is 1. The maximum Gasteiger partial charge on any atom is 0.243 e. The van der Waals surface area contributed by atoms with Gasteiger partial charge in [0.15, 0.2) is 5.82 Å². The standard InChI is InChI=1S/C9H14N4OS/c1-13-4-2-8(12-13)11-9(14)7-6-15-5-3-10-7/h2,4,7,10H,3,5-6H2,1H3,(H,11,12,14). The van der Waals surface area contributed by atoms with E-state index in [-0.39, 0.29) is 11.9 Å². The van der Waals surface area contributed by atoms with Gasteiger partial charge in [-0.2, -0.15) is 16.9 Å². The molecule has 6 heteroatoms. The van der Waals surface area contributed by atoms with Gasteiger partial charge in [-0.25, -0.2) is 0 Å². The zero-order chi connectivity index (χ0) is 10.7. The first-order chi connectivity index (χ1) is 7.25. The molecule has 1 amide bonds. The molecule has 1 aliphatic rings. The number of aromatic nitrogens is 2. The zero-order valence-electron chi connectivity index (χ0n) is 8.56. The number of thioether (sulfide) groups is 1. The lowest BCUT2D eigenvalue weighted by Gasteiger charge is -2.21. The number of hydrogen-bond donors (Lipinski definition) is 2. The van der Waals surface area contributed by atoms with E-state index in [1.54, 1.807) is 28.7 Å². The van der Waals surface area contributed by atoms with Crippen LogP contribution < -0.4 is 10.6 Å². The summed E-state index contributed by atoms with van der Waals surface area (Å²) in [5.74, 6) is 2.52. The molecule has 82 valence electrons. The van der Waals surface area contributed by atoms with Crippen LogP contribution in [0.3, 0.4) is 0 Å². The lowest BCUT2D eigenvalue weighted by atomic mass is 10.3. The maximum absolute atomic E-state index is 11.7. The van der Waals surface area contributed by atoms with Crippen LogP contribution in [0.1, 0.15) is 0 Å². The Morgan fingerprint density at radius 3 is 3.27 bits per heavy atom. The quantitative estimate of drug-likeness (QED) is 0.749. The van der Waals surface area contributed by atoms with Gasteiger partial charge in [-0.1, -0.05) is 0 Å². The van der Waals surface area contributed by atoms with Crippen molar-refractivity contribution in [3.8, 4) is 0 Å². The van der Waals surface area contributed by atoms with Crippen LogP contribution >= 0.6 is 11.8 Å². The van der Waals surface area contributed by atoms with Crippen molar-refractivity contribution in [2.75, 3.05) is 23.4 Å². The van der Waals surface area contributed by atoms with E-state index in [0.717, 1.165) is 18.1 Å². The van der Waals surface area contributed by atoms with Gasteiger partial charge in [0.2, 0.25) is 5.91 Å². The second-order valence-electron chi connectivity index (χ2n) is 3.45. The molecule has 0 radical (unpaired) electrons. The van der Waals surface area contributed by atoms with Crippen LogP contribution in [0, 0.1) is 0 Å². The Balaban J connectivity index is 1.91. The van der Waals surface area contributed by atoms with E-state index in [9.17, 15) is 4.79 Å². The van der Waals surface area contributed by atoms with Crippen molar-refractivity contribution in [3.63, 3.8) is 0 Å². The van der Waals surface area contributed by atoms with Crippen LogP contribution in [0.5, 0.6) is 0 Å². The van der Waals surface area contributed by atoms with Crippen LogP contribution in [-0.2, 0) is 11.8 Å². The van der Waals surface area contributed by atoms with E-state index in [1.807, 2.05) is 7.05 Å². The topological polar surface area (TPSA) is 59.0 Å². The molecule has 1 fully saturated rings. The average Bonchev–Trinajstić information content (AvgIpc) is 2.65. The minimum absolute atomic E-state index is 0.000833. The molecule has 0 bridgehead atoms. The molecule has 1 aromatic heterocycles. The third-order valence-corrected chi connectivity index (χ3v) is 3.26. The first kappa shape index (κ1) is 10.5. The van der Waals surface area contributed by atoms with Crippen LogP contribution in [0.4, 0.5) is 5.82 Å². The van der Waals surface area contributed by atoms with E-state index in [1.165, 1.54) is 0 Å². The third-order valence-electron chi connectivity index (χ3n) is 2.20. The number of carbonyl (C=O) groups is 1. The van der Waals surface area contributed by atoms with Crippen molar-refractivity contribution >= 4 is 23.5 Å². The van der Waals surface area contributed by atoms with Gasteiger partial charge in [0, 0.05) is 37.4 Å². The Labute approximate surface area is 92.6 Å². The lowest BCUT2D eigenvalue weighted by molar-refractivity contribution is -0.117. The Bertz CT molecular complexity index is 346. The van der Waals surface area contributed by atoms with Crippen molar-refractivity contribution in [1.29, 1.82) is 0 Å². The Morgan fingerprint density at radius 1 is 1.80 bits per heavy atom. The van der Waals surface area contributed by atoms with E-state index >= 15 is 0 Å². The second-order valence-corrected chi connectivity index (χ2v) is 4.60. The summed E-state index contributed by atoms with van der Waals surface area (Å²) in [6, 6.07) is 1.69. The summed E-state index contributed by atoms with van der Waals surface area (Å²) in [4.78, 5) is 11.7. The highest BCUT2D eigenvalue weighted by Crippen LogP contribution is 2.09. The molecule has 0 spiro atoms. The molecule has 2 N–H and O–H groups in total. The van der Waals surface area contributed by atoms with Gasteiger partial charge in [-0.15, -0.1) is 0 Å². The first-order valence-electron chi connectivity index (χ1n) is 4.87. The van der Waals surface area contributed by atoms with Crippen LogP contribution in [-0.4, -0.2) is 39.8 Å². The molecule has 2 heterocycles. The van der Waals surface area contributed by atoms with Gasteiger partial charge in [0.25, 0.3) is 0 Å². The van der Waals surface area contributed by atoms with E-state index in [4.69, 9.17) is 0 Å². The van der Waals surface area contributed by atoms with Gasteiger partial charge in [0.1, 0.15) is 0 Å². The average molecular weight is 226 g/mol. The molecule has 5 nitrogen and oxygen atoms in total. The minimum atomic E-state index is -0.0919. The summed E-state index contributed by atoms with van der Waals surface area (Å²) in [6.07, 6.45) is 1.80. The molecule has 0 aromatic carbocycles. The highest BCUT2D eigenvalue weighted by atomic mass is 32.2. The predicted octanol–water partition coefficient (Wildman–Crippen LogP) is 0.0636. The molecule has 0 saturated carbocycles. The van der Waals surface area contributed by atoms with E-state index in [0.29, 0.717) is 5.82 Å². The Kier molecular flexibility index (Phi) is 3.27. The maximum atomic E-state index is 11.7. The summed E-state index contributed by atoms with van der Waals surface area (Å²) in [5, 5.41) is 10.1. The van der Waals surface area contributed by atoms with Gasteiger partial charge < -0.3 is 10.6 Å². The number of aryl methyl sites for hydroxylation is 1. The molecular formula is C9H14N4OS. The summed E-state index contributed by atoms with van der Waals surface area (Å²) < 4.78 is 1.67. The summed E-state index contributed by atoms with van der Waals surface area (Å²) in [7, 11) is 1.82. The molecule has 0 aliphatic carbocycles. The highest BCUT2D eigenvalue weighted by Gasteiger charge is 2.21. The van der Waals surface area contributed by atoms with Gasteiger partial charge in [0.05, 0.1) is 6.04 Å².